The third-order valence-electron chi connectivity index (χ3n) is 3.40. The van der Waals surface area contributed by atoms with E-state index in [2.05, 4.69) is 30.1 Å². The van der Waals surface area contributed by atoms with Crippen molar-refractivity contribution in [1.82, 2.24) is 5.32 Å². The molecule has 1 aliphatic rings. The van der Waals surface area contributed by atoms with Crippen LogP contribution in [0.5, 0.6) is 0 Å². The first-order valence-electron chi connectivity index (χ1n) is 5.72. The van der Waals surface area contributed by atoms with Crippen LogP contribution in [0.25, 0.3) is 0 Å². The third-order valence-corrected chi connectivity index (χ3v) is 3.99. The van der Waals surface area contributed by atoms with Crippen molar-refractivity contribution >= 4 is 24.2 Å². The van der Waals surface area contributed by atoms with Crippen molar-refractivity contribution in [2.75, 3.05) is 0 Å². The van der Waals surface area contributed by atoms with E-state index in [1.54, 1.807) is 31.2 Å². The van der Waals surface area contributed by atoms with Crippen LogP contribution in [-0.2, 0) is 5.41 Å². The van der Waals surface area contributed by atoms with Gasteiger partial charge in [0.15, 0.2) is 0 Å². The van der Waals surface area contributed by atoms with Crippen molar-refractivity contribution in [2.24, 2.45) is 5.73 Å². The Labute approximate surface area is 127 Å². The van der Waals surface area contributed by atoms with Gasteiger partial charge in [-0.05, 0) is 24.6 Å². The number of hydrogen-bond acceptors (Lipinski definition) is 5. The van der Waals surface area contributed by atoms with Gasteiger partial charge in [0.2, 0.25) is 0 Å². The molecule has 6 heteroatoms. The van der Waals surface area contributed by atoms with E-state index in [1.807, 2.05) is 0 Å². The second kappa shape index (κ2) is 5.13. The van der Waals surface area contributed by atoms with Gasteiger partial charge in [-0.2, -0.15) is 10.5 Å². The molecule has 0 aliphatic carbocycles. The number of rotatable bonds is 1. The molecule has 1 aromatic rings. The van der Waals surface area contributed by atoms with Crippen LogP contribution in [0.2, 0.25) is 5.02 Å². The molecule has 0 aromatic heterocycles. The Morgan fingerprint density at radius 1 is 1.20 bits per heavy atom. The van der Waals surface area contributed by atoms with Crippen molar-refractivity contribution in [3.05, 3.63) is 56.8 Å². The molecule has 0 saturated carbocycles. The van der Waals surface area contributed by atoms with Crippen molar-refractivity contribution in [2.45, 2.75) is 12.3 Å². The van der Waals surface area contributed by atoms with E-state index in [-0.39, 0.29) is 11.4 Å². The fraction of sp³-hybridized carbons (Fsp3) is 0.143. The van der Waals surface area contributed by atoms with E-state index in [9.17, 15) is 10.5 Å². The fourth-order valence-electron chi connectivity index (χ4n) is 2.29. The van der Waals surface area contributed by atoms with Gasteiger partial charge in [-0.25, -0.2) is 0 Å². The standard InChI is InChI=1S/C14H11ClN4S/c1-14(8-2-4-9(15)5-3-8)10(6-16)12(18)19-13(20)11(14)7-17/h2-5,19-20H,18H2,1H3. The molecule has 0 bridgehead atoms. The zero-order chi connectivity index (χ0) is 14.9. The Morgan fingerprint density at radius 2 is 1.75 bits per heavy atom. The fourth-order valence-corrected chi connectivity index (χ4v) is 2.81. The molecular weight excluding hydrogens is 292 g/mol. The minimum Gasteiger partial charge on any atom is -0.384 e. The lowest BCUT2D eigenvalue weighted by Gasteiger charge is -2.34. The summed E-state index contributed by atoms with van der Waals surface area (Å²) in [5.74, 6) is 0.203. The van der Waals surface area contributed by atoms with Gasteiger partial charge < -0.3 is 11.1 Å². The molecule has 100 valence electrons. The summed E-state index contributed by atoms with van der Waals surface area (Å²) in [7, 11) is 0. The smallest absolute Gasteiger partial charge is 0.116 e. The van der Waals surface area contributed by atoms with Crippen LogP contribution >= 0.6 is 24.2 Å². The predicted molar refractivity (Wildman–Crippen MR) is 80.4 cm³/mol. The Hall–Kier alpha value is -2.08. The van der Waals surface area contributed by atoms with Crippen LogP contribution in [-0.4, -0.2) is 0 Å². The first-order valence-corrected chi connectivity index (χ1v) is 6.55. The number of nitrogens with two attached hydrogens (primary N) is 1. The maximum Gasteiger partial charge on any atom is 0.116 e. The van der Waals surface area contributed by atoms with E-state index >= 15 is 0 Å². The van der Waals surface area contributed by atoms with Crippen LogP contribution < -0.4 is 11.1 Å². The van der Waals surface area contributed by atoms with Gasteiger partial charge in [-0.3, -0.25) is 0 Å². The highest BCUT2D eigenvalue weighted by molar-refractivity contribution is 7.84. The molecule has 0 radical (unpaired) electrons. The summed E-state index contributed by atoms with van der Waals surface area (Å²) in [6, 6.07) is 11.2. The highest BCUT2D eigenvalue weighted by Crippen LogP contribution is 2.43. The third kappa shape index (κ3) is 2.02. The number of dihydropyridines is 1. The molecule has 20 heavy (non-hydrogen) atoms. The molecule has 1 aromatic carbocycles. The summed E-state index contributed by atoms with van der Waals surface area (Å²) in [5.41, 5.74) is 6.31. The molecule has 4 nitrogen and oxygen atoms in total. The Morgan fingerprint density at radius 3 is 2.25 bits per heavy atom. The van der Waals surface area contributed by atoms with Crippen molar-refractivity contribution in [3.8, 4) is 12.1 Å². The largest absolute Gasteiger partial charge is 0.384 e. The number of halogens is 1. The average Bonchev–Trinajstić information content (AvgIpc) is 2.39. The van der Waals surface area contributed by atoms with Gasteiger partial charge >= 0.3 is 0 Å². The van der Waals surface area contributed by atoms with Gasteiger partial charge in [-0.15, -0.1) is 12.6 Å². The number of hydrogen-bond donors (Lipinski definition) is 3. The summed E-state index contributed by atoms with van der Waals surface area (Å²) in [5, 5.41) is 22.5. The SMILES string of the molecule is CC1(c2ccc(Cl)cc2)C(C#N)=C(N)NC(S)=C1C#N. The Kier molecular flexibility index (Phi) is 3.67. The molecule has 0 spiro atoms. The van der Waals surface area contributed by atoms with E-state index in [0.29, 0.717) is 15.6 Å². The minimum absolute atomic E-state index is 0.203. The van der Waals surface area contributed by atoms with E-state index in [0.717, 1.165) is 5.56 Å². The van der Waals surface area contributed by atoms with Crippen molar-refractivity contribution < 1.29 is 0 Å². The second-order valence-corrected chi connectivity index (χ2v) is 5.38. The van der Waals surface area contributed by atoms with E-state index < -0.39 is 5.41 Å². The number of nitriles is 2. The van der Waals surface area contributed by atoms with Gasteiger partial charge in [0, 0.05) is 5.02 Å². The summed E-state index contributed by atoms with van der Waals surface area (Å²) < 4.78 is 0. The van der Waals surface area contributed by atoms with Gasteiger partial charge in [0.1, 0.15) is 5.82 Å². The number of allylic oxidation sites excluding steroid dienone is 2. The number of nitrogens with zero attached hydrogens (tertiary/aromatic N) is 2. The van der Waals surface area contributed by atoms with Crippen molar-refractivity contribution in [1.29, 1.82) is 10.5 Å². The average molecular weight is 303 g/mol. The first-order chi connectivity index (χ1) is 9.44. The van der Waals surface area contributed by atoms with E-state index in [4.69, 9.17) is 17.3 Å². The lowest BCUT2D eigenvalue weighted by Crippen LogP contribution is -2.38. The topological polar surface area (TPSA) is 85.6 Å². The molecule has 1 unspecified atom stereocenters. The van der Waals surface area contributed by atoms with Gasteiger partial charge in [0.05, 0.1) is 33.7 Å². The van der Waals surface area contributed by atoms with Gasteiger partial charge in [0.25, 0.3) is 0 Å². The Balaban J connectivity index is 2.76. The van der Waals surface area contributed by atoms with Crippen LogP contribution in [0.1, 0.15) is 12.5 Å². The molecule has 1 aliphatic heterocycles. The van der Waals surface area contributed by atoms with Crippen LogP contribution in [0.15, 0.2) is 46.3 Å². The van der Waals surface area contributed by atoms with Crippen molar-refractivity contribution in [3.63, 3.8) is 0 Å². The number of nitrogens with one attached hydrogen (secondary N) is 1. The summed E-state index contributed by atoms with van der Waals surface area (Å²) in [6.07, 6.45) is 0. The maximum absolute atomic E-state index is 9.42. The molecule has 0 amide bonds. The second-order valence-electron chi connectivity index (χ2n) is 4.49. The highest BCUT2D eigenvalue weighted by Gasteiger charge is 2.42. The first kappa shape index (κ1) is 14.3. The molecule has 0 saturated heterocycles. The summed E-state index contributed by atoms with van der Waals surface area (Å²) in [4.78, 5) is 0. The van der Waals surface area contributed by atoms with E-state index in [1.165, 1.54) is 0 Å². The zero-order valence-electron chi connectivity index (χ0n) is 10.6. The monoisotopic (exact) mass is 302 g/mol. The highest BCUT2D eigenvalue weighted by atomic mass is 35.5. The van der Waals surface area contributed by atoms with Crippen LogP contribution in [0.3, 0.4) is 0 Å². The normalized spacial score (nSPS) is 22.1. The summed E-state index contributed by atoms with van der Waals surface area (Å²) >= 11 is 10.1. The molecule has 3 N–H and O–H groups in total. The lowest BCUT2D eigenvalue weighted by atomic mass is 9.70. The number of benzene rings is 1. The van der Waals surface area contributed by atoms with Crippen LogP contribution in [0, 0.1) is 22.7 Å². The van der Waals surface area contributed by atoms with Crippen LogP contribution in [0.4, 0.5) is 0 Å². The molecule has 1 atom stereocenters. The Bertz CT molecular complexity index is 668. The zero-order valence-corrected chi connectivity index (χ0v) is 12.3. The summed E-state index contributed by atoms with van der Waals surface area (Å²) in [6.45, 7) is 1.78. The maximum atomic E-state index is 9.42. The number of thiol groups is 1. The molecule has 0 fully saturated rings. The predicted octanol–water partition coefficient (Wildman–Crippen LogP) is 2.56. The molecule has 1 heterocycles. The quantitative estimate of drug-likeness (QED) is 0.696. The minimum atomic E-state index is -0.944. The van der Waals surface area contributed by atoms with Gasteiger partial charge in [-0.1, -0.05) is 23.7 Å². The molecular formula is C14H11ClN4S. The molecule has 2 rings (SSSR count). The lowest BCUT2D eigenvalue weighted by molar-refractivity contribution is 0.648.